The normalized spacial score (nSPS) is 11.5. The van der Waals surface area contributed by atoms with Crippen LogP contribution in [-0.2, 0) is 0 Å². The molecule has 2 nitrogen and oxygen atoms in total. The molecule has 2 aromatic rings. The van der Waals surface area contributed by atoms with Gasteiger partial charge >= 0.3 is 6.61 Å². The fraction of sp³-hybridized carbons (Fsp3) is 0.286. The SMILES string of the molecule is CC(C)c1cc(N)cc2ccc(F)c(OC(F)F)c12. The van der Waals surface area contributed by atoms with Crippen LogP contribution in [0.1, 0.15) is 25.3 Å². The van der Waals surface area contributed by atoms with Gasteiger partial charge in [-0.05, 0) is 35.1 Å². The number of rotatable bonds is 3. The van der Waals surface area contributed by atoms with E-state index >= 15 is 0 Å². The summed E-state index contributed by atoms with van der Waals surface area (Å²) in [4.78, 5) is 0. The molecule has 0 spiro atoms. The van der Waals surface area contributed by atoms with E-state index in [1.54, 1.807) is 12.1 Å². The molecule has 0 atom stereocenters. The number of fused-ring (bicyclic) bond motifs is 1. The summed E-state index contributed by atoms with van der Waals surface area (Å²) in [5, 5.41) is 0.935. The molecule has 5 heteroatoms. The van der Waals surface area contributed by atoms with E-state index in [-0.39, 0.29) is 5.92 Å². The Bertz CT molecular complexity index is 611. The maximum atomic E-state index is 13.7. The van der Waals surface area contributed by atoms with Crippen molar-refractivity contribution in [3.8, 4) is 5.75 Å². The largest absolute Gasteiger partial charge is 0.431 e. The van der Waals surface area contributed by atoms with E-state index in [2.05, 4.69) is 4.74 Å². The molecule has 2 rings (SSSR count). The maximum Gasteiger partial charge on any atom is 0.387 e. The highest BCUT2D eigenvalue weighted by Gasteiger charge is 2.18. The van der Waals surface area contributed by atoms with Gasteiger partial charge < -0.3 is 10.5 Å². The van der Waals surface area contributed by atoms with Crippen molar-refractivity contribution >= 4 is 16.5 Å². The number of halogens is 3. The van der Waals surface area contributed by atoms with Crippen molar-refractivity contribution in [1.82, 2.24) is 0 Å². The number of hydrogen-bond acceptors (Lipinski definition) is 2. The first-order chi connectivity index (χ1) is 8.90. The lowest BCUT2D eigenvalue weighted by Crippen LogP contribution is -2.06. The second-order valence-electron chi connectivity index (χ2n) is 4.62. The zero-order valence-corrected chi connectivity index (χ0v) is 10.6. The molecule has 0 aliphatic carbocycles. The zero-order chi connectivity index (χ0) is 14.2. The molecule has 0 fully saturated rings. The van der Waals surface area contributed by atoms with Crippen molar-refractivity contribution in [2.24, 2.45) is 0 Å². The molecular formula is C14H14F3NO. The molecule has 0 bridgehead atoms. The minimum atomic E-state index is -3.07. The van der Waals surface area contributed by atoms with Gasteiger partial charge in [0.1, 0.15) is 0 Å². The van der Waals surface area contributed by atoms with Gasteiger partial charge in [-0.1, -0.05) is 19.9 Å². The van der Waals surface area contributed by atoms with Crippen molar-refractivity contribution < 1.29 is 17.9 Å². The number of anilines is 1. The van der Waals surface area contributed by atoms with E-state index in [1.807, 2.05) is 13.8 Å². The topological polar surface area (TPSA) is 35.2 Å². The quantitative estimate of drug-likeness (QED) is 0.844. The van der Waals surface area contributed by atoms with Gasteiger partial charge in [-0.2, -0.15) is 8.78 Å². The van der Waals surface area contributed by atoms with Crippen LogP contribution in [0, 0.1) is 5.82 Å². The van der Waals surface area contributed by atoms with Gasteiger partial charge in [0.2, 0.25) is 0 Å². The molecule has 2 aromatic carbocycles. The monoisotopic (exact) mass is 269 g/mol. The number of benzene rings is 2. The molecule has 102 valence electrons. The van der Waals surface area contributed by atoms with Gasteiger partial charge in [-0.15, -0.1) is 0 Å². The van der Waals surface area contributed by atoms with Crippen LogP contribution in [0.5, 0.6) is 5.75 Å². The van der Waals surface area contributed by atoms with Crippen LogP contribution >= 0.6 is 0 Å². The lowest BCUT2D eigenvalue weighted by Gasteiger charge is -2.16. The maximum absolute atomic E-state index is 13.7. The molecule has 0 saturated carbocycles. The summed E-state index contributed by atoms with van der Waals surface area (Å²) in [5.74, 6) is -1.22. The molecule has 0 saturated heterocycles. The van der Waals surface area contributed by atoms with Crippen LogP contribution < -0.4 is 10.5 Å². The summed E-state index contributed by atoms with van der Waals surface area (Å²) >= 11 is 0. The van der Waals surface area contributed by atoms with Gasteiger partial charge in [0.05, 0.1) is 0 Å². The number of hydrogen-bond donors (Lipinski definition) is 1. The summed E-state index contributed by atoms with van der Waals surface area (Å²) in [5.41, 5.74) is 6.96. The Hall–Kier alpha value is -1.91. The third kappa shape index (κ3) is 2.59. The van der Waals surface area contributed by atoms with E-state index in [0.717, 1.165) is 6.07 Å². The summed E-state index contributed by atoms with van der Waals surface area (Å²) < 4.78 is 42.9. The van der Waals surface area contributed by atoms with Gasteiger partial charge in [0.25, 0.3) is 0 Å². The van der Waals surface area contributed by atoms with Crippen molar-refractivity contribution in [1.29, 1.82) is 0 Å². The highest BCUT2D eigenvalue weighted by molar-refractivity contribution is 5.94. The van der Waals surface area contributed by atoms with Crippen LogP contribution in [0.15, 0.2) is 24.3 Å². The summed E-state index contributed by atoms with van der Waals surface area (Å²) in [6, 6.07) is 5.87. The number of nitrogen functional groups attached to an aromatic ring is 1. The Morgan fingerprint density at radius 3 is 2.42 bits per heavy atom. The summed E-state index contributed by atoms with van der Waals surface area (Å²) in [6.07, 6.45) is 0. The molecule has 0 aromatic heterocycles. The molecule has 2 N–H and O–H groups in total. The second kappa shape index (κ2) is 4.99. The Morgan fingerprint density at radius 1 is 1.16 bits per heavy atom. The predicted molar refractivity (Wildman–Crippen MR) is 69.0 cm³/mol. The summed E-state index contributed by atoms with van der Waals surface area (Å²) in [6.45, 7) is 0.689. The minimum absolute atomic E-state index is 0.00724. The standard InChI is InChI=1S/C14H14F3NO/c1-7(2)10-6-9(18)5-8-3-4-11(15)13(12(8)10)19-14(16)17/h3-7,14H,18H2,1-2H3. The third-order valence-electron chi connectivity index (χ3n) is 2.90. The molecule has 0 heterocycles. The minimum Gasteiger partial charge on any atom is -0.431 e. The van der Waals surface area contributed by atoms with Crippen LogP contribution in [0.3, 0.4) is 0 Å². The third-order valence-corrected chi connectivity index (χ3v) is 2.90. The fourth-order valence-corrected chi connectivity index (χ4v) is 2.12. The lowest BCUT2D eigenvalue weighted by molar-refractivity contribution is -0.0511. The smallest absolute Gasteiger partial charge is 0.387 e. The molecule has 0 unspecified atom stereocenters. The molecule has 0 amide bonds. The Morgan fingerprint density at radius 2 is 1.84 bits per heavy atom. The van der Waals surface area contributed by atoms with Crippen molar-refractivity contribution in [2.75, 3.05) is 5.73 Å². The lowest BCUT2D eigenvalue weighted by atomic mass is 9.94. The van der Waals surface area contributed by atoms with Crippen LogP contribution in [0.4, 0.5) is 18.9 Å². The van der Waals surface area contributed by atoms with Crippen molar-refractivity contribution in [3.05, 3.63) is 35.6 Å². The highest BCUT2D eigenvalue weighted by atomic mass is 19.3. The molecule has 0 aliphatic rings. The first-order valence-corrected chi connectivity index (χ1v) is 5.86. The van der Waals surface area contributed by atoms with Crippen LogP contribution in [0.25, 0.3) is 10.8 Å². The summed E-state index contributed by atoms with van der Waals surface area (Å²) in [7, 11) is 0. The number of nitrogens with two attached hydrogens (primary N) is 1. The molecule has 0 aliphatic heterocycles. The average Bonchev–Trinajstić information content (AvgIpc) is 2.31. The van der Waals surface area contributed by atoms with Crippen LogP contribution in [-0.4, -0.2) is 6.61 Å². The second-order valence-corrected chi connectivity index (χ2v) is 4.62. The molecule has 0 radical (unpaired) electrons. The Kier molecular flexibility index (Phi) is 3.55. The van der Waals surface area contributed by atoms with E-state index in [9.17, 15) is 13.2 Å². The molecular weight excluding hydrogens is 255 g/mol. The van der Waals surface area contributed by atoms with Crippen molar-refractivity contribution in [3.63, 3.8) is 0 Å². The van der Waals surface area contributed by atoms with Crippen LogP contribution in [0.2, 0.25) is 0 Å². The highest BCUT2D eigenvalue weighted by Crippen LogP contribution is 2.37. The van der Waals surface area contributed by atoms with Gasteiger partial charge in [-0.25, -0.2) is 4.39 Å². The predicted octanol–water partition coefficient (Wildman–Crippen LogP) is 4.29. The first-order valence-electron chi connectivity index (χ1n) is 5.86. The number of alkyl halides is 2. The Balaban J connectivity index is 2.81. The van der Waals surface area contributed by atoms with E-state index in [0.29, 0.717) is 22.0 Å². The Labute approximate surface area is 109 Å². The van der Waals surface area contributed by atoms with E-state index in [1.165, 1.54) is 6.07 Å². The average molecular weight is 269 g/mol. The molecule has 19 heavy (non-hydrogen) atoms. The fourth-order valence-electron chi connectivity index (χ4n) is 2.12. The van der Waals surface area contributed by atoms with Crippen molar-refractivity contribution in [2.45, 2.75) is 26.4 Å². The van der Waals surface area contributed by atoms with E-state index in [4.69, 9.17) is 5.73 Å². The van der Waals surface area contributed by atoms with E-state index < -0.39 is 18.2 Å². The number of ether oxygens (including phenoxy) is 1. The van der Waals surface area contributed by atoms with Gasteiger partial charge in [-0.3, -0.25) is 0 Å². The zero-order valence-electron chi connectivity index (χ0n) is 10.6. The van der Waals surface area contributed by atoms with Gasteiger partial charge in [0, 0.05) is 11.1 Å². The van der Waals surface area contributed by atoms with Gasteiger partial charge in [0.15, 0.2) is 11.6 Å². The first kappa shape index (κ1) is 13.5.